The number of nitrogens with zero attached hydrogens (tertiary/aromatic N) is 1. The molecule has 108 valence electrons. The lowest BCUT2D eigenvalue weighted by Gasteiger charge is -2.22. The fourth-order valence-corrected chi connectivity index (χ4v) is 2.05. The second-order valence-corrected chi connectivity index (χ2v) is 5.52. The van der Waals surface area contributed by atoms with Gasteiger partial charge < -0.3 is 10.1 Å². The first-order chi connectivity index (χ1) is 9.45. The molecule has 0 saturated carbocycles. The van der Waals surface area contributed by atoms with Crippen LogP contribution < -0.4 is 15.4 Å². The fourth-order valence-electron chi connectivity index (χ4n) is 2.05. The lowest BCUT2D eigenvalue weighted by molar-refractivity contribution is -0.123. The highest BCUT2D eigenvalue weighted by atomic mass is 16.5. The maximum Gasteiger partial charge on any atom is 0.256 e. The molecule has 1 fully saturated rings. The molecule has 5 heteroatoms. The number of nitrogens with one attached hydrogen (secondary N) is 2. The van der Waals surface area contributed by atoms with Crippen molar-refractivity contribution in [1.82, 2.24) is 10.6 Å². The van der Waals surface area contributed by atoms with Crippen LogP contribution in [-0.2, 0) is 10.3 Å². The first-order valence-corrected chi connectivity index (χ1v) is 6.74. The van der Waals surface area contributed by atoms with E-state index in [-0.39, 0.29) is 5.91 Å². The Morgan fingerprint density at radius 1 is 1.40 bits per heavy atom. The molecule has 1 atom stereocenters. The molecule has 1 aliphatic heterocycles. The summed E-state index contributed by atoms with van der Waals surface area (Å²) >= 11 is 0. The van der Waals surface area contributed by atoms with E-state index in [1.807, 2.05) is 31.2 Å². The maximum absolute atomic E-state index is 12.3. The van der Waals surface area contributed by atoms with Crippen LogP contribution in [0.15, 0.2) is 29.3 Å². The Hall–Kier alpha value is -2.04. The Morgan fingerprint density at radius 3 is 2.80 bits per heavy atom. The van der Waals surface area contributed by atoms with Gasteiger partial charge in [0.15, 0.2) is 5.96 Å². The summed E-state index contributed by atoms with van der Waals surface area (Å²) in [6, 6.07) is 7.49. The monoisotopic (exact) mass is 275 g/mol. The zero-order valence-electron chi connectivity index (χ0n) is 12.4. The second kappa shape index (κ2) is 5.53. The van der Waals surface area contributed by atoms with Gasteiger partial charge in [-0.15, -0.1) is 0 Å². The van der Waals surface area contributed by atoms with Gasteiger partial charge >= 0.3 is 0 Å². The SMILES string of the molecule is COc1cccc(C2(C)NC(=NCC(C)C)NC2=O)c1. The molecule has 20 heavy (non-hydrogen) atoms. The van der Waals surface area contributed by atoms with Gasteiger partial charge in [-0.25, -0.2) is 0 Å². The largest absolute Gasteiger partial charge is 0.497 e. The number of benzene rings is 1. The highest BCUT2D eigenvalue weighted by Crippen LogP contribution is 2.27. The molecule has 0 radical (unpaired) electrons. The number of hydrogen-bond acceptors (Lipinski definition) is 3. The molecule has 0 aliphatic carbocycles. The minimum atomic E-state index is -0.815. The zero-order valence-corrected chi connectivity index (χ0v) is 12.4. The number of carbonyl (C=O) groups is 1. The zero-order chi connectivity index (χ0) is 14.8. The molecule has 1 saturated heterocycles. The normalized spacial score (nSPS) is 23.9. The van der Waals surface area contributed by atoms with Crippen molar-refractivity contribution in [3.8, 4) is 5.75 Å². The van der Waals surface area contributed by atoms with E-state index in [1.54, 1.807) is 7.11 Å². The number of ether oxygens (including phenoxy) is 1. The van der Waals surface area contributed by atoms with E-state index in [1.165, 1.54) is 0 Å². The Kier molecular flexibility index (Phi) is 3.97. The highest BCUT2D eigenvalue weighted by Gasteiger charge is 2.42. The molecule has 1 unspecified atom stereocenters. The molecule has 0 bridgehead atoms. The van der Waals surface area contributed by atoms with Crippen molar-refractivity contribution in [3.63, 3.8) is 0 Å². The summed E-state index contributed by atoms with van der Waals surface area (Å²) in [5.41, 5.74) is 0.0359. The molecule has 1 aromatic carbocycles. The van der Waals surface area contributed by atoms with Crippen molar-refractivity contribution < 1.29 is 9.53 Å². The molecule has 2 rings (SSSR count). The van der Waals surface area contributed by atoms with Crippen LogP contribution in [0.4, 0.5) is 0 Å². The summed E-state index contributed by atoms with van der Waals surface area (Å²) in [5.74, 6) is 1.61. The van der Waals surface area contributed by atoms with Crippen molar-refractivity contribution in [2.45, 2.75) is 26.3 Å². The molecule has 0 spiro atoms. The topological polar surface area (TPSA) is 62.7 Å². The number of rotatable bonds is 4. The summed E-state index contributed by atoms with van der Waals surface area (Å²) in [7, 11) is 1.61. The minimum absolute atomic E-state index is 0.103. The first-order valence-electron chi connectivity index (χ1n) is 6.74. The summed E-state index contributed by atoms with van der Waals surface area (Å²) in [5, 5.41) is 5.97. The van der Waals surface area contributed by atoms with Crippen molar-refractivity contribution in [1.29, 1.82) is 0 Å². The van der Waals surface area contributed by atoms with Gasteiger partial charge in [0, 0.05) is 6.54 Å². The number of hydrogen-bond donors (Lipinski definition) is 2. The van der Waals surface area contributed by atoms with Gasteiger partial charge in [0.05, 0.1) is 7.11 Å². The van der Waals surface area contributed by atoms with Gasteiger partial charge in [0.1, 0.15) is 11.3 Å². The molecule has 1 aromatic rings. The third-order valence-corrected chi connectivity index (χ3v) is 3.32. The van der Waals surface area contributed by atoms with E-state index in [4.69, 9.17) is 4.74 Å². The average molecular weight is 275 g/mol. The Bertz CT molecular complexity index is 540. The van der Waals surface area contributed by atoms with Crippen LogP contribution in [0, 0.1) is 5.92 Å². The van der Waals surface area contributed by atoms with Crippen molar-refractivity contribution in [3.05, 3.63) is 29.8 Å². The maximum atomic E-state index is 12.3. The first kappa shape index (κ1) is 14.4. The molecule has 1 heterocycles. The average Bonchev–Trinajstić information content (AvgIpc) is 2.73. The van der Waals surface area contributed by atoms with Gasteiger partial charge in [-0.2, -0.15) is 0 Å². The van der Waals surface area contributed by atoms with Crippen LogP contribution in [-0.4, -0.2) is 25.5 Å². The van der Waals surface area contributed by atoms with E-state index in [0.717, 1.165) is 11.3 Å². The van der Waals surface area contributed by atoms with Gasteiger partial charge in [-0.1, -0.05) is 26.0 Å². The van der Waals surface area contributed by atoms with Gasteiger partial charge in [-0.05, 0) is 30.5 Å². The lowest BCUT2D eigenvalue weighted by atomic mass is 9.92. The number of methoxy groups -OCH3 is 1. The van der Waals surface area contributed by atoms with Gasteiger partial charge in [0.25, 0.3) is 5.91 Å². The standard InChI is InChI=1S/C15H21N3O2/c1-10(2)9-16-14-17-13(19)15(3,18-14)11-6-5-7-12(8-11)20-4/h5-8,10H,9H2,1-4H3,(H2,16,17,18,19). The van der Waals surface area contributed by atoms with Crippen LogP contribution in [0.1, 0.15) is 26.3 Å². The minimum Gasteiger partial charge on any atom is -0.497 e. The summed E-state index contributed by atoms with van der Waals surface area (Å²) in [6.45, 7) is 6.69. The quantitative estimate of drug-likeness (QED) is 0.878. The van der Waals surface area contributed by atoms with E-state index in [9.17, 15) is 4.79 Å². The molecule has 0 aromatic heterocycles. The van der Waals surface area contributed by atoms with Gasteiger partial charge in [0.2, 0.25) is 0 Å². The number of aliphatic imine (C=N–C) groups is 1. The summed E-state index contributed by atoms with van der Waals surface area (Å²) in [4.78, 5) is 16.6. The van der Waals surface area contributed by atoms with Crippen LogP contribution in [0.2, 0.25) is 0 Å². The predicted octanol–water partition coefficient (Wildman–Crippen LogP) is 1.64. The van der Waals surface area contributed by atoms with Crippen molar-refractivity contribution in [2.75, 3.05) is 13.7 Å². The van der Waals surface area contributed by atoms with Crippen LogP contribution in [0.5, 0.6) is 5.75 Å². The second-order valence-electron chi connectivity index (χ2n) is 5.52. The molecule has 5 nitrogen and oxygen atoms in total. The Balaban J connectivity index is 2.26. The lowest BCUT2D eigenvalue weighted by Crippen LogP contribution is -2.40. The van der Waals surface area contributed by atoms with E-state index in [2.05, 4.69) is 29.5 Å². The van der Waals surface area contributed by atoms with E-state index >= 15 is 0 Å². The van der Waals surface area contributed by atoms with Gasteiger partial charge in [-0.3, -0.25) is 15.1 Å². The molecular weight excluding hydrogens is 254 g/mol. The Morgan fingerprint density at radius 2 is 2.15 bits per heavy atom. The van der Waals surface area contributed by atoms with E-state index in [0.29, 0.717) is 18.4 Å². The predicted molar refractivity (Wildman–Crippen MR) is 78.8 cm³/mol. The van der Waals surface area contributed by atoms with Crippen molar-refractivity contribution in [2.24, 2.45) is 10.9 Å². The molecular formula is C15H21N3O2. The van der Waals surface area contributed by atoms with Crippen LogP contribution >= 0.6 is 0 Å². The number of guanidine groups is 1. The van der Waals surface area contributed by atoms with Crippen molar-refractivity contribution >= 4 is 11.9 Å². The smallest absolute Gasteiger partial charge is 0.256 e. The Labute approximate surface area is 119 Å². The fraction of sp³-hybridized carbons (Fsp3) is 0.467. The summed E-state index contributed by atoms with van der Waals surface area (Å²) in [6.07, 6.45) is 0. The molecule has 2 N–H and O–H groups in total. The van der Waals surface area contributed by atoms with Crippen LogP contribution in [0.3, 0.4) is 0 Å². The third kappa shape index (κ3) is 2.76. The van der Waals surface area contributed by atoms with E-state index < -0.39 is 5.54 Å². The molecule has 1 aliphatic rings. The third-order valence-electron chi connectivity index (χ3n) is 3.32. The molecule has 1 amide bonds. The van der Waals surface area contributed by atoms with Crippen LogP contribution in [0.25, 0.3) is 0 Å². The summed E-state index contributed by atoms with van der Waals surface area (Å²) < 4.78 is 5.21. The number of amides is 1. The highest BCUT2D eigenvalue weighted by molar-refractivity contribution is 6.09. The number of carbonyl (C=O) groups excluding carboxylic acids is 1.